The number of halogens is 1. The lowest BCUT2D eigenvalue weighted by Gasteiger charge is -2.26. The monoisotopic (exact) mass is 334 g/mol. The third kappa shape index (κ3) is 3.86. The second-order valence-electron chi connectivity index (χ2n) is 5.84. The first-order chi connectivity index (χ1) is 11.1. The van der Waals surface area contributed by atoms with Gasteiger partial charge in [-0.25, -0.2) is 4.79 Å². The Morgan fingerprint density at radius 2 is 2.00 bits per heavy atom. The predicted octanol–water partition coefficient (Wildman–Crippen LogP) is 3.03. The summed E-state index contributed by atoms with van der Waals surface area (Å²) in [5.74, 6) is 0.628. The highest BCUT2D eigenvalue weighted by atomic mass is 35.5. The van der Waals surface area contributed by atoms with Crippen LogP contribution < -0.4 is 10.6 Å². The van der Waals surface area contributed by atoms with Gasteiger partial charge in [-0.05, 0) is 48.6 Å². The Hall–Kier alpha value is -1.98. The third-order valence-corrected chi connectivity index (χ3v) is 4.34. The molecule has 1 aliphatic rings. The van der Waals surface area contributed by atoms with Crippen molar-refractivity contribution in [2.24, 2.45) is 5.92 Å². The van der Waals surface area contributed by atoms with Gasteiger partial charge in [0.25, 0.3) is 0 Å². The number of benzene rings is 1. The van der Waals surface area contributed by atoms with Crippen LogP contribution in [0.25, 0.3) is 0 Å². The smallest absolute Gasteiger partial charge is 0.315 e. The summed E-state index contributed by atoms with van der Waals surface area (Å²) in [7, 11) is 0. The number of urea groups is 1. The SMILES string of the molecule is O=C(NCc1ccc(Cl)cc1)NC[C@@](O)(c1ccco1)C1CC1. The highest BCUT2D eigenvalue weighted by molar-refractivity contribution is 6.30. The van der Waals surface area contributed by atoms with E-state index >= 15 is 0 Å². The molecule has 1 aromatic carbocycles. The molecule has 0 aliphatic heterocycles. The zero-order valence-electron chi connectivity index (χ0n) is 12.6. The Bertz CT molecular complexity index is 653. The fourth-order valence-electron chi connectivity index (χ4n) is 2.58. The molecule has 3 rings (SSSR count). The van der Waals surface area contributed by atoms with Gasteiger partial charge in [-0.15, -0.1) is 0 Å². The van der Waals surface area contributed by atoms with Gasteiger partial charge in [0.05, 0.1) is 12.8 Å². The van der Waals surface area contributed by atoms with E-state index in [0.717, 1.165) is 18.4 Å². The van der Waals surface area contributed by atoms with Crippen LogP contribution in [0.1, 0.15) is 24.2 Å². The Kier molecular flexibility index (Phi) is 4.59. The quantitative estimate of drug-likeness (QED) is 0.760. The van der Waals surface area contributed by atoms with Crippen LogP contribution in [0.2, 0.25) is 5.02 Å². The highest BCUT2D eigenvalue weighted by Crippen LogP contribution is 2.45. The van der Waals surface area contributed by atoms with Crippen molar-refractivity contribution in [3.8, 4) is 0 Å². The molecule has 0 spiro atoms. The molecule has 1 aliphatic carbocycles. The first-order valence-corrected chi connectivity index (χ1v) is 7.98. The van der Waals surface area contributed by atoms with Crippen LogP contribution in [0.15, 0.2) is 47.1 Å². The van der Waals surface area contributed by atoms with Crippen molar-refractivity contribution < 1.29 is 14.3 Å². The maximum atomic E-state index is 12.0. The Labute approximate surface area is 139 Å². The number of aliphatic hydroxyl groups is 1. The summed E-state index contributed by atoms with van der Waals surface area (Å²) >= 11 is 5.82. The van der Waals surface area contributed by atoms with Gasteiger partial charge in [-0.2, -0.15) is 0 Å². The number of carbonyl (C=O) groups excluding carboxylic acids is 1. The minimum absolute atomic E-state index is 0.123. The first-order valence-electron chi connectivity index (χ1n) is 7.60. The normalized spacial score (nSPS) is 16.6. The van der Waals surface area contributed by atoms with E-state index in [-0.39, 0.29) is 18.5 Å². The number of rotatable bonds is 6. The number of nitrogens with one attached hydrogen (secondary N) is 2. The van der Waals surface area contributed by atoms with Crippen molar-refractivity contribution in [2.45, 2.75) is 25.0 Å². The lowest BCUT2D eigenvalue weighted by Crippen LogP contribution is -2.45. The minimum atomic E-state index is -1.14. The summed E-state index contributed by atoms with van der Waals surface area (Å²) < 4.78 is 5.34. The largest absolute Gasteiger partial charge is 0.466 e. The van der Waals surface area contributed by atoms with Crippen LogP contribution in [0.5, 0.6) is 0 Å². The number of hydrogen-bond donors (Lipinski definition) is 3. The van der Waals surface area contributed by atoms with Crippen LogP contribution >= 0.6 is 11.6 Å². The Morgan fingerprint density at radius 3 is 2.61 bits per heavy atom. The maximum absolute atomic E-state index is 12.0. The number of amides is 2. The maximum Gasteiger partial charge on any atom is 0.315 e. The molecule has 1 fully saturated rings. The molecule has 1 saturated carbocycles. The molecular weight excluding hydrogens is 316 g/mol. The van der Waals surface area contributed by atoms with E-state index in [0.29, 0.717) is 17.3 Å². The summed E-state index contributed by atoms with van der Waals surface area (Å²) in [6.45, 7) is 0.517. The van der Waals surface area contributed by atoms with Crippen molar-refractivity contribution in [3.05, 3.63) is 59.0 Å². The topological polar surface area (TPSA) is 74.5 Å². The van der Waals surface area contributed by atoms with Crippen LogP contribution in [-0.4, -0.2) is 17.7 Å². The average molecular weight is 335 g/mol. The second-order valence-corrected chi connectivity index (χ2v) is 6.27. The fourth-order valence-corrected chi connectivity index (χ4v) is 2.71. The summed E-state index contributed by atoms with van der Waals surface area (Å²) in [6.07, 6.45) is 3.40. The second kappa shape index (κ2) is 6.64. The zero-order chi connectivity index (χ0) is 16.3. The van der Waals surface area contributed by atoms with Crippen LogP contribution in [0, 0.1) is 5.92 Å². The van der Waals surface area contributed by atoms with Crippen molar-refractivity contribution in [3.63, 3.8) is 0 Å². The summed E-state index contributed by atoms with van der Waals surface area (Å²) in [5, 5.41) is 17.0. The minimum Gasteiger partial charge on any atom is -0.466 e. The van der Waals surface area contributed by atoms with E-state index in [1.165, 1.54) is 6.26 Å². The van der Waals surface area contributed by atoms with E-state index in [9.17, 15) is 9.90 Å². The van der Waals surface area contributed by atoms with Crippen molar-refractivity contribution in [1.29, 1.82) is 0 Å². The molecule has 1 atom stereocenters. The van der Waals surface area contributed by atoms with Gasteiger partial charge in [0, 0.05) is 11.6 Å². The van der Waals surface area contributed by atoms with Crippen LogP contribution in [-0.2, 0) is 12.1 Å². The molecule has 2 aromatic rings. The van der Waals surface area contributed by atoms with E-state index in [1.54, 1.807) is 24.3 Å². The molecule has 0 unspecified atom stereocenters. The molecule has 1 heterocycles. The number of furan rings is 1. The summed E-state index contributed by atoms with van der Waals surface area (Å²) in [4.78, 5) is 12.0. The van der Waals surface area contributed by atoms with Crippen LogP contribution in [0.3, 0.4) is 0 Å². The number of hydrogen-bond acceptors (Lipinski definition) is 3. The van der Waals surface area contributed by atoms with Crippen LogP contribution in [0.4, 0.5) is 4.79 Å². The molecule has 0 radical (unpaired) electrons. The number of carbonyl (C=O) groups is 1. The highest BCUT2D eigenvalue weighted by Gasteiger charge is 2.47. The van der Waals surface area contributed by atoms with E-state index in [4.69, 9.17) is 16.0 Å². The third-order valence-electron chi connectivity index (χ3n) is 4.09. The van der Waals surface area contributed by atoms with E-state index in [2.05, 4.69) is 10.6 Å². The molecule has 6 heteroatoms. The summed E-state index contributed by atoms with van der Waals surface area (Å²) in [5.41, 5.74) is -0.186. The molecule has 2 amide bonds. The lowest BCUT2D eigenvalue weighted by atomic mass is 9.94. The van der Waals surface area contributed by atoms with E-state index < -0.39 is 5.60 Å². The van der Waals surface area contributed by atoms with Gasteiger partial charge in [0.2, 0.25) is 0 Å². The van der Waals surface area contributed by atoms with Crippen molar-refractivity contribution in [2.75, 3.05) is 6.54 Å². The van der Waals surface area contributed by atoms with Crippen molar-refractivity contribution in [1.82, 2.24) is 10.6 Å². The molecule has 0 bridgehead atoms. The van der Waals surface area contributed by atoms with Gasteiger partial charge in [-0.1, -0.05) is 23.7 Å². The molecule has 3 N–H and O–H groups in total. The van der Waals surface area contributed by atoms with Gasteiger partial charge in [-0.3, -0.25) is 0 Å². The standard InChI is InChI=1S/C17H19ClN2O3/c18-14-7-3-12(4-8-14)10-19-16(21)20-11-17(22,13-5-6-13)15-2-1-9-23-15/h1-4,7-9,13,22H,5-6,10-11H2,(H2,19,20,21)/t17-/m0/s1. The molecular formula is C17H19ClN2O3. The molecule has 5 nitrogen and oxygen atoms in total. The predicted molar refractivity (Wildman–Crippen MR) is 87.0 cm³/mol. The molecule has 0 saturated heterocycles. The fraction of sp³-hybridized carbons (Fsp3) is 0.353. The van der Waals surface area contributed by atoms with Gasteiger partial charge in [0.15, 0.2) is 0 Å². The average Bonchev–Trinajstić information content (AvgIpc) is 3.27. The van der Waals surface area contributed by atoms with Gasteiger partial charge < -0.3 is 20.2 Å². The van der Waals surface area contributed by atoms with Crippen molar-refractivity contribution >= 4 is 17.6 Å². The van der Waals surface area contributed by atoms with E-state index in [1.807, 2.05) is 12.1 Å². The first kappa shape index (κ1) is 15.9. The lowest BCUT2D eigenvalue weighted by molar-refractivity contribution is -0.00449. The molecule has 23 heavy (non-hydrogen) atoms. The zero-order valence-corrected chi connectivity index (χ0v) is 13.3. The van der Waals surface area contributed by atoms with Gasteiger partial charge >= 0.3 is 6.03 Å². The Balaban J connectivity index is 1.52. The van der Waals surface area contributed by atoms with Gasteiger partial charge in [0.1, 0.15) is 11.4 Å². The summed E-state index contributed by atoms with van der Waals surface area (Å²) in [6, 6.07) is 10.4. The Morgan fingerprint density at radius 1 is 1.26 bits per heavy atom. The molecule has 122 valence electrons. The molecule has 1 aromatic heterocycles.